The molecule has 0 saturated carbocycles. The fourth-order valence-electron chi connectivity index (χ4n) is 3.84. The molecule has 170 valence electrons. The number of para-hydroxylation sites is 1. The molecule has 1 heterocycles. The van der Waals surface area contributed by atoms with Crippen LogP contribution < -0.4 is 5.32 Å². The van der Waals surface area contributed by atoms with E-state index in [1.165, 1.54) is 4.31 Å². The van der Waals surface area contributed by atoms with Crippen LogP contribution in [-0.2, 0) is 10.0 Å². The van der Waals surface area contributed by atoms with Crippen molar-refractivity contribution < 1.29 is 13.2 Å². The van der Waals surface area contributed by atoms with Crippen LogP contribution >= 0.6 is 11.6 Å². The highest BCUT2D eigenvalue weighted by Gasteiger charge is 2.26. The van der Waals surface area contributed by atoms with Gasteiger partial charge in [-0.1, -0.05) is 67.9 Å². The van der Waals surface area contributed by atoms with Crippen LogP contribution in [0.15, 0.2) is 77.7 Å². The average molecular weight is 482 g/mol. The van der Waals surface area contributed by atoms with Gasteiger partial charge < -0.3 is 10.3 Å². The first-order chi connectivity index (χ1) is 15.9. The minimum atomic E-state index is -3.73. The summed E-state index contributed by atoms with van der Waals surface area (Å²) in [6.07, 6.45) is 0. The number of sulfonamides is 1. The van der Waals surface area contributed by atoms with Crippen molar-refractivity contribution in [3.05, 3.63) is 89.1 Å². The van der Waals surface area contributed by atoms with Gasteiger partial charge in [0, 0.05) is 34.6 Å². The number of nitrogens with zero attached hydrogens (tertiary/aromatic N) is 1. The number of rotatable bonds is 8. The highest BCUT2D eigenvalue weighted by molar-refractivity contribution is 7.89. The van der Waals surface area contributed by atoms with E-state index in [1.807, 2.05) is 6.07 Å². The predicted octanol–water partition coefficient (Wildman–Crippen LogP) is 5.83. The molecule has 0 saturated heterocycles. The molecule has 4 rings (SSSR count). The Morgan fingerprint density at radius 3 is 2.33 bits per heavy atom. The lowest BCUT2D eigenvalue weighted by atomic mass is 10.1. The summed E-state index contributed by atoms with van der Waals surface area (Å²) in [5, 5.41) is 4.50. The number of ketones is 1. The number of aromatic nitrogens is 1. The number of carbonyl (C=O) groups excluding carboxylic acids is 1. The number of nitrogens with one attached hydrogen (secondary N) is 2. The third-order valence-electron chi connectivity index (χ3n) is 5.49. The number of benzene rings is 3. The highest BCUT2D eigenvalue weighted by Crippen LogP contribution is 2.35. The van der Waals surface area contributed by atoms with Crippen LogP contribution in [0.25, 0.3) is 10.9 Å². The van der Waals surface area contributed by atoms with Crippen LogP contribution in [0.5, 0.6) is 0 Å². The Labute approximate surface area is 198 Å². The van der Waals surface area contributed by atoms with Crippen molar-refractivity contribution in [1.29, 1.82) is 0 Å². The molecule has 1 aromatic heterocycles. The Kier molecular flexibility index (Phi) is 6.56. The topological polar surface area (TPSA) is 82.3 Å². The quantitative estimate of drug-likeness (QED) is 0.310. The summed E-state index contributed by atoms with van der Waals surface area (Å²) in [4.78, 5) is 16.7. The molecule has 0 aliphatic rings. The van der Waals surface area contributed by atoms with E-state index in [0.717, 1.165) is 5.39 Å². The van der Waals surface area contributed by atoms with Crippen LogP contribution in [0.4, 0.5) is 11.4 Å². The lowest BCUT2D eigenvalue weighted by Crippen LogP contribution is -2.31. The van der Waals surface area contributed by atoms with Crippen molar-refractivity contribution in [2.75, 3.05) is 18.4 Å². The lowest BCUT2D eigenvalue weighted by molar-refractivity contribution is 0.103. The van der Waals surface area contributed by atoms with Crippen molar-refractivity contribution in [3.8, 4) is 0 Å². The van der Waals surface area contributed by atoms with Crippen molar-refractivity contribution in [1.82, 2.24) is 9.29 Å². The Bertz CT molecular complexity index is 1410. The Balaban J connectivity index is 1.88. The number of carbonyl (C=O) groups is 1. The van der Waals surface area contributed by atoms with Crippen LogP contribution in [0.2, 0.25) is 5.02 Å². The van der Waals surface area contributed by atoms with E-state index < -0.39 is 10.0 Å². The highest BCUT2D eigenvalue weighted by atomic mass is 35.5. The summed E-state index contributed by atoms with van der Waals surface area (Å²) in [7, 11) is -3.73. The second-order valence-corrected chi connectivity index (χ2v) is 9.81. The lowest BCUT2D eigenvalue weighted by Gasteiger charge is -2.21. The maximum atomic E-state index is 13.4. The average Bonchev–Trinajstić information content (AvgIpc) is 3.17. The first-order valence-electron chi connectivity index (χ1n) is 10.6. The number of H-pyrrole nitrogens is 1. The van der Waals surface area contributed by atoms with Gasteiger partial charge in [0.15, 0.2) is 0 Å². The van der Waals surface area contributed by atoms with Crippen LogP contribution in [0.3, 0.4) is 0 Å². The fourth-order valence-corrected chi connectivity index (χ4v) is 5.61. The molecule has 0 amide bonds. The smallest absolute Gasteiger partial charge is 0.245 e. The molecule has 3 aromatic carbocycles. The number of anilines is 2. The molecule has 6 nitrogen and oxygen atoms in total. The summed E-state index contributed by atoms with van der Waals surface area (Å²) in [5.74, 6) is -0.213. The molecule has 33 heavy (non-hydrogen) atoms. The van der Waals surface area contributed by atoms with E-state index in [2.05, 4.69) is 10.3 Å². The second-order valence-electron chi connectivity index (χ2n) is 7.47. The summed E-state index contributed by atoms with van der Waals surface area (Å²) < 4.78 is 28.0. The van der Waals surface area contributed by atoms with Gasteiger partial charge in [0.2, 0.25) is 15.8 Å². The predicted molar refractivity (Wildman–Crippen MR) is 133 cm³/mol. The normalized spacial score (nSPS) is 11.8. The first kappa shape index (κ1) is 23.0. The monoisotopic (exact) mass is 481 g/mol. The number of hydrogen-bond donors (Lipinski definition) is 2. The SMILES string of the molecule is CCN(CC)S(=O)(=O)c1ccccc1Nc1c(C(=O)c2ccccc2)[nH]c2cc(Cl)ccc12. The molecule has 0 unspecified atom stereocenters. The Morgan fingerprint density at radius 2 is 1.64 bits per heavy atom. The van der Waals surface area contributed by atoms with E-state index in [0.29, 0.717) is 46.3 Å². The molecule has 8 heteroatoms. The van der Waals surface area contributed by atoms with Crippen molar-refractivity contribution >= 4 is 49.7 Å². The zero-order valence-corrected chi connectivity index (χ0v) is 19.9. The molecular weight excluding hydrogens is 458 g/mol. The summed E-state index contributed by atoms with van der Waals surface area (Å²) in [5.41, 5.74) is 2.41. The number of aromatic amines is 1. The van der Waals surface area contributed by atoms with Gasteiger partial charge in [-0.05, 0) is 30.3 Å². The summed E-state index contributed by atoms with van der Waals surface area (Å²) in [6, 6.07) is 20.9. The molecule has 0 spiro atoms. The van der Waals surface area contributed by atoms with Gasteiger partial charge in [0.05, 0.1) is 11.4 Å². The molecule has 0 atom stereocenters. The minimum absolute atomic E-state index is 0.148. The second kappa shape index (κ2) is 9.39. The van der Waals surface area contributed by atoms with E-state index in [1.54, 1.807) is 80.6 Å². The van der Waals surface area contributed by atoms with Gasteiger partial charge in [0.1, 0.15) is 10.6 Å². The van der Waals surface area contributed by atoms with Crippen LogP contribution in [0, 0.1) is 0 Å². The molecular formula is C25H24ClN3O3S. The van der Waals surface area contributed by atoms with Gasteiger partial charge in [-0.3, -0.25) is 4.79 Å². The largest absolute Gasteiger partial charge is 0.352 e. The van der Waals surface area contributed by atoms with Gasteiger partial charge in [0.25, 0.3) is 0 Å². The van der Waals surface area contributed by atoms with Crippen molar-refractivity contribution in [3.63, 3.8) is 0 Å². The van der Waals surface area contributed by atoms with Crippen LogP contribution in [-0.4, -0.2) is 36.6 Å². The van der Waals surface area contributed by atoms with E-state index in [9.17, 15) is 13.2 Å². The Hall–Kier alpha value is -3.13. The van der Waals surface area contributed by atoms with E-state index >= 15 is 0 Å². The first-order valence-corrected chi connectivity index (χ1v) is 12.5. The minimum Gasteiger partial charge on any atom is -0.352 e. The number of halogens is 1. The molecule has 0 radical (unpaired) electrons. The molecule has 0 aliphatic heterocycles. The fraction of sp³-hybridized carbons (Fsp3) is 0.160. The zero-order valence-electron chi connectivity index (χ0n) is 18.3. The van der Waals surface area contributed by atoms with E-state index in [-0.39, 0.29) is 10.7 Å². The maximum Gasteiger partial charge on any atom is 0.245 e. The van der Waals surface area contributed by atoms with Gasteiger partial charge in [-0.2, -0.15) is 4.31 Å². The molecule has 0 aliphatic carbocycles. The molecule has 0 bridgehead atoms. The van der Waals surface area contributed by atoms with Gasteiger partial charge in [-0.15, -0.1) is 0 Å². The number of hydrogen-bond acceptors (Lipinski definition) is 4. The number of fused-ring (bicyclic) bond motifs is 1. The van der Waals surface area contributed by atoms with E-state index in [4.69, 9.17) is 11.6 Å². The molecule has 4 aromatic rings. The van der Waals surface area contributed by atoms with Crippen molar-refractivity contribution in [2.45, 2.75) is 18.7 Å². The van der Waals surface area contributed by atoms with Gasteiger partial charge in [-0.25, -0.2) is 8.42 Å². The maximum absolute atomic E-state index is 13.4. The third kappa shape index (κ3) is 4.39. The van der Waals surface area contributed by atoms with Gasteiger partial charge >= 0.3 is 0 Å². The molecule has 0 fully saturated rings. The standard InChI is InChI=1S/C25H24ClN3O3S/c1-3-29(4-2)33(31,32)22-13-9-8-12-20(22)27-23-19-15-14-18(26)16-21(19)28-24(23)25(30)17-10-6-5-7-11-17/h5-16,27-28H,3-4H2,1-2H3. The summed E-state index contributed by atoms with van der Waals surface area (Å²) in [6.45, 7) is 4.32. The Morgan fingerprint density at radius 1 is 0.970 bits per heavy atom. The zero-order chi connectivity index (χ0) is 23.6. The summed E-state index contributed by atoms with van der Waals surface area (Å²) >= 11 is 6.18. The molecule has 2 N–H and O–H groups in total. The van der Waals surface area contributed by atoms with Crippen molar-refractivity contribution in [2.24, 2.45) is 0 Å². The third-order valence-corrected chi connectivity index (χ3v) is 7.84. The van der Waals surface area contributed by atoms with Crippen LogP contribution in [0.1, 0.15) is 29.9 Å².